The summed E-state index contributed by atoms with van der Waals surface area (Å²) in [4.78, 5) is 11.3. The number of hydrogen-bond acceptors (Lipinski definition) is 2. The molecule has 1 fully saturated rings. The average Bonchev–Trinajstić information content (AvgIpc) is 3.04. The number of phenols is 1. The van der Waals surface area contributed by atoms with Crippen LogP contribution >= 0.6 is 0 Å². The molecule has 1 aromatic rings. The van der Waals surface area contributed by atoms with Crippen molar-refractivity contribution in [1.82, 2.24) is 5.32 Å². The molecule has 1 amide bonds. The molecule has 2 rings (SSSR count). The van der Waals surface area contributed by atoms with Crippen molar-refractivity contribution in [2.45, 2.75) is 19.3 Å². The van der Waals surface area contributed by atoms with Crippen molar-refractivity contribution in [3.8, 4) is 5.75 Å². The van der Waals surface area contributed by atoms with E-state index in [1.54, 1.807) is 12.1 Å². The molecule has 1 aliphatic carbocycles. The smallest absolute Gasteiger partial charge is 0.223 e. The standard InChI is InChI=1S/C12H15NO2/c14-11-5-1-9(2-6-11)7-8-13-12(15)10-3-4-10/h1-2,5-6,10,14H,3-4,7-8H2,(H,13,15). The lowest BCUT2D eigenvalue weighted by Crippen LogP contribution is -2.26. The van der Waals surface area contributed by atoms with E-state index in [0.29, 0.717) is 6.54 Å². The molecule has 0 spiro atoms. The van der Waals surface area contributed by atoms with E-state index in [1.807, 2.05) is 12.1 Å². The van der Waals surface area contributed by atoms with Gasteiger partial charge >= 0.3 is 0 Å². The van der Waals surface area contributed by atoms with Crippen LogP contribution in [-0.4, -0.2) is 17.6 Å². The number of hydrogen-bond donors (Lipinski definition) is 2. The van der Waals surface area contributed by atoms with Crippen LogP contribution in [0.4, 0.5) is 0 Å². The first kappa shape index (κ1) is 10.0. The molecule has 1 saturated carbocycles. The van der Waals surface area contributed by atoms with E-state index in [0.717, 1.165) is 24.8 Å². The number of phenolic OH excluding ortho intramolecular Hbond substituents is 1. The molecule has 2 N–H and O–H groups in total. The maximum absolute atomic E-state index is 11.3. The van der Waals surface area contributed by atoms with Gasteiger partial charge in [0.1, 0.15) is 5.75 Å². The van der Waals surface area contributed by atoms with Crippen LogP contribution < -0.4 is 5.32 Å². The van der Waals surface area contributed by atoms with Gasteiger partial charge in [-0.3, -0.25) is 4.79 Å². The minimum atomic E-state index is 0.189. The summed E-state index contributed by atoms with van der Waals surface area (Å²) >= 11 is 0. The predicted octanol–water partition coefficient (Wildman–Crippen LogP) is 1.46. The number of aromatic hydroxyl groups is 1. The van der Waals surface area contributed by atoms with Crippen molar-refractivity contribution in [2.75, 3.05) is 6.54 Å². The molecule has 15 heavy (non-hydrogen) atoms. The third kappa shape index (κ3) is 2.98. The zero-order valence-electron chi connectivity index (χ0n) is 8.57. The van der Waals surface area contributed by atoms with Gasteiger partial charge in [0.15, 0.2) is 0 Å². The second-order valence-corrected chi connectivity index (χ2v) is 3.98. The highest BCUT2D eigenvalue weighted by Gasteiger charge is 2.28. The normalized spacial score (nSPS) is 14.9. The molecule has 0 aromatic heterocycles. The highest BCUT2D eigenvalue weighted by Crippen LogP contribution is 2.28. The van der Waals surface area contributed by atoms with Crippen molar-refractivity contribution in [3.63, 3.8) is 0 Å². The quantitative estimate of drug-likeness (QED) is 0.781. The fourth-order valence-corrected chi connectivity index (χ4v) is 1.48. The summed E-state index contributed by atoms with van der Waals surface area (Å²) < 4.78 is 0. The van der Waals surface area contributed by atoms with Gasteiger partial charge in [0.05, 0.1) is 0 Å². The van der Waals surface area contributed by atoms with Crippen molar-refractivity contribution < 1.29 is 9.90 Å². The van der Waals surface area contributed by atoms with Crippen LogP contribution in [0.2, 0.25) is 0 Å². The Balaban J connectivity index is 1.73. The molecule has 80 valence electrons. The summed E-state index contributed by atoms with van der Waals surface area (Å²) in [6, 6.07) is 7.08. The molecule has 3 nitrogen and oxygen atoms in total. The van der Waals surface area contributed by atoms with Crippen molar-refractivity contribution in [3.05, 3.63) is 29.8 Å². The van der Waals surface area contributed by atoms with Crippen LogP contribution in [-0.2, 0) is 11.2 Å². The molecule has 0 unspecified atom stereocenters. The number of amides is 1. The SMILES string of the molecule is O=C(NCCc1ccc(O)cc1)C1CC1. The Morgan fingerprint density at radius 3 is 2.60 bits per heavy atom. The van der Waals surface area contributed by atoms with E-state index in [2.05, 4.69) is 5.32 Å². The highest BCUT2D eigenvalue weighted by molar-refractivity contribution is 5.80. The summed E-state index contributed by atoms with van der Waals surface area (Å²) in [7, 11) is 0. The maximum Gasteiger partial charge on any atom is 0.223 e. The number of rotatable bonds is 4. The third-order valence-corrected chi connectivity index (χ3v) is 2.60. The van der Waals surface area contributed by atoms with Gasteiger partial charge in [-0.15, -0.1) is 0 Å². The first-order chi connectivity index (χ1) is 7.25. The molecule has 0 bridgehead atoms. The lowest BCUT2D eigenvalue weighted by atomic mass is 10.1. The Hall–Kier alpha value is -1.51. The maximum atomic E-state index is 11.3. The van der Waals surface area contributed by atoms with Crippen LogP contribution in [0.3, 0.4) is 0 Å². The average molecular weight is 205 g/mol. The zero-order chi connectivity index (χ0) is 10.7. The van der Waals surface area contributed by atoms with Gasteiger partial charge in [-0.25, -0.2) is 0 Å². The monoisotopic (exact) mass is 205 g/mol. The number of carbonyl (C=O) groups is 1. The molecule has 0 radical (unpaired) electrons. The lowest BCUT2D eigenvalue weighted by Gasteiger charge is -2.04. The summed E-state index contributed by atoms with van der Waals surface area (Å²) in [5.74, 6) is 0.749. The minimum absolute atomic E-state index is 0.189. The number of benzene rings is 1. The predicted molar refractivity (Wildman–Crippen MR) is 57.5 cm³/mol. The van der Waals surface area contributed by atoms with Crippen LogP contribution in [0.1, 0.15) is 18.4 Å². The molecular formula is C12H15NO2. The topological polar surface area (TPSA) is 49.3 Å². The van der Waals surface area contributed by atoms with Crippen LogP contribution in [0, 0.1) is 5.92 Å². The number of nitrogens with one attached hydrogen (secondary N) is 1. The summed E-state index contributed by atoms with van der Waals surface area (Å²) in [5.41, 5.74) is 1.13. The first-order valence-corrected chi connectivity index (χ1v) is 5.31. The highest BCUT2D eigenvalue weighted by atomic mass is 16.3. The molecule has 0 saturated heterocycles. The van der Waals surface area contributed by atoms with Gasteiger partial charge in [-0.2, -0.15) is 0 Å². The van der Waals surface area contributed by atoms with Crippen molar-refractivity contribution in [2.24, 2.45) is 5.92 Å². The second-order valence-electron chi connectivity index (χ2n) is 3.98. The molecular weight excluding hydrogens is 190 g/mol. The molecule has 0 heterocycles. The van der Waals surface area contributed by atoms with Gasteiger partial charge < -0.3 is 10.4 Å². The van der Waals surface area contributed by atoms with E-state index in [4.69, 9.17) is 5.11 Å². The van der Waals surface area contributed by atoms with Gasteiger partial charge in [0.25, 0.3) is 0 Å². The van der Waals surface area contributed by atoms with E-state index < -0.39 is 0 Å². The third-order valence-electron chi connectivity index (χ3n) is 2.60. The molecule has 1 aromatic carbocycles. The Labute approximate surface area is 89.1 Å². The van der Waals surface area contributed by atoms with Crippen LogP contribution in [0.15, 0.2) is 24.3 Å². The van der Waals surface area contributed by atoms with Gasteiger partial charge in [-0.1, -0.05) is 12.1 Å². The van der Waals surface area contributed by atoms with Crippen molar-refractivity contribution in [1.29, 1.82) is 0 Å². The largest absolute Gasteiger partial charge is 0.508 e. The van der Waals surface area contributed by atoms with E-state index in [1.165, 1.54) is 0 Å². The molecule has 0 aliphatic heterocycles. The number of carbonyl (C=O) groups excluding carboxylic acids is 1. The van der Waals surface area contributed by atoms with Crippen LogP contribution in [0.25, 0.3) is 0 Å². The minimum Gasteiger partial charge on any atom is -0.508 e. The van der Waals surface area contributed by atoms with Crippen LogP contribution in [0.5, 0.6) is 5.75 Å². The summed E-state index contributed by atoms with van der Waals surface area (Å²) in [6.07, 6.45) is 2.91. The Morgan fingerprint density at radius 2 is 2.00 bits per heavy atom. The zero-order valence-corrected chi connectivity index (χ0v) is 8.57. The molecule has 1 aliphatic rings. The van der Waals surface area contributed by atoms with E-state index >= 15 is 0 Å². The second kappa shape index (κ2) is 4.34. The fraction of sp³-hybridized carbons (Fsp3) is 0.417. The van der Waals surface area contributed by atoms with E-state index in [9.17, 15) is 4.79 Å². The van der Waals surface area contributed by atoms with E-state index in [-0.39, 0.29) is 17.6 Å². The van der Waals surface area contributed by atoms with Crippen molar-refractivity contribution >= 4 is 5.91 Å². The first-order valence-electron chi connectivity index (χ1n) is 5.31. The molecule has 3 heteroatoms. The lowest BCUT2D eigenvalue weighted by molar-refractivity contribution is -0.122. The summed E-state index contributed by atoms with van der Waals surface area (Å²) in [6.45, 7) is 0.681. The Morgan fingerprint density at radius 1 is 1.33 bits per heavy atom. The fourth-order valence-electron chi connectivity index (χ4n) is 1.48. The Bertz CT molecular complexity index is 341. The van der Waals surface area contributed by atoms with Gasteiger partial charge in [0.2, 0.25) is 5.91 Å². The Kier molecular flexibility index (Phi) is 2.90. The van der Waals surface area contributed by atoms with Gasteiger partial charge in [0, 0.05) is 12.5 Å². The molecule has 0 atom stereocenters. The van der Waals surface area contributed by atoms with Gasteiger partial charge in [-0.05, 0) is 37.0 Å². The summed E-state index contributed by atoms with van der Waals surface area (Å²) in [5, 5.41) is 12.0.